The Morgan fingerprint density at radius 2 is 2.00 bits per heavy atom. The molecule has 0 aliphatic carbocycles. The normalized spacial score (nSPS) is 40.2. The molecule has 0 bridgehead atoms. The standard InChI is InChI=1S/C10H18O8/c1-10(9(16)17)2-4(12)6(14)8(18-10)7(15)5(13)3-11/h4-8,11-15H,2-3H2,1H3,(H,16,17)/t4-,5+,6?,7-,8?,10-/m0/s1. The van der Waals surface area contributed by atoms with Crippen LogP contribution in [0.25, 0.3) is 0 Å². The van der Waals surface area contributed by atoms with Crippen molar-refractivity contribution in [3.8, 4) is 0 Å². The summed E-state index contributed by atoms with van der Waals surface area (Å²) in [5, 5.41) is 55.8. The Morgan fingerprint density at radius 3 is 2.44 bits per heavy atom. The predicted octanol–water partition coefficient (Wildman–Crippen LogP) is -2.95. The lowest BCUT2D eigenvalue weighted by Crippen LogP contribution is -2.62. The zero-order chi connectivity index (χ0) is 14.1. The molecule has 18 heavy (non-hydrogen) atoms. The maximum atomic E-state index is 11.0. The van der Waals surface area contributed by atoms with E-state index in [-0.39, 0.29) is 6.42 Å². The Hall–Kier alpha value is -0.770. The van der Waals surface area contributed by atoms with Gasteiger partial charge in [-0.3, -0.25) is 0 Å². The Bertz CT molecular complexity index is 308. The van der Waals surface area contributed by atoms with E-state index in [1.165, 1.54) is 6.92 Å². The molecule has 8 heteroatoms. The average molecular weight is 266 g/mol. The number of carboxylic acids is 1. The van der Waals surface area contributed by atoms with Gasteiger partial charge in [0.2, 0.25) is 0 Å². The van der Waals surface area contributed by atoms with Crippen molar-refractivity contribution < 1.29 is 40.2 Å². The van der Waals surface area contributed by atoms with E-state index in [9.17, 15) is 25.2 Å². The Labute approximate surface area is 103 Å². The van der Waals surface area contributed by atoms with Crippen LogP contribution in [0.15, 0.2) is 0 Å². The number of carbonyl (C=O) groups is 1. The first-order valence-corrected chi connectivity index (χ1v) is 5.47. The second kappa shape index (κ2) is 5.47. The topological polar surface area (TPSA) is 148 Å². The second-order valence-corrected chi connectivity index (χ2v) is 4.62. The minimum atomic E-state index is -1.78. The molecule has 6 atom stereocenters. The molecule has 0 aromatic heterocycles. The molecule has 0 saturated carbocycles. The summed E-state index contributed by atoms with van der Waals surface area (Å²) in [6.07, 6.45) is -8.12. The van der Waals surface area contributed by atoms with E-state index in [2.05, 4.69) is 0 Å². The largest absolute Gasteiger partial charge is 0.479 e. The molecule has 1 aliphatic rings. The maximum absolute atomic E-state index is 11.0. The van der Waals surface area contributed by atoms with Crippen molar-refractivity contribution in [2.75, 3.05) is 6.61 Å². The summed E-state index contributed by atoms with van der Waals surface area (Å²) in [5.41, 5.74) is -1.78. The van der Waals surface area contributed by atoms with Crippen molar-refractivity contribution in [1.29, 1.82) is 0 Å². The van der Waals surface area contributed by atoms with Crippen molar-refractivity contribution in [2.24, 2.45) is 0 Å². The molecule has 0 aromatic carbocycles. The minimum Gasteiger partial charge on any atom is -0.479 e. The van der Waals surface area contributed by atoms with Gasteiger partial charge in [-0.1, -0.05) is 0 Å². The minimum absolute atomic E-state index is 0.345. The fraction of sp³-hybridized carbons (Fsp3) is 0.900. The number of aliphatic hydroxyl groups excluding tert-OH is 5. The SMILES string of the molecule is C[C@@]1(C(=O)O)C[C@H](O)C(O)C([C@@H](O)[C@H](O)CO)O1. The number of ether oxygens (including phenoxy) is 1. The number of carboxylic acid groups (broad SMARTS) is 1. The van der Waals surface area contributed by atoms with Crippen molar-refractivity contribution in [3.63, 3.8) is 0 Å². The molecule has 6 N–H and O–H groups in total. The molecule has 8 nitrogen and oxygen atoms in total. The molecular formula is C10H18O8. The van der Waals surface area contributed by atoms with Crippen LogP contribution in [0.4, 0.5) is 0 Å². The third kappa shape index (κ3) is 2.79. The number of aliphatic carboxylic acids is 1. The van der Waals surface area contributed by atoms with Crippen LogP contribution >= 0.6 is 0 Å². The molecule has 1 aliphatic heterocycles. The lowest BCUT2D eigenvalue weighted by Gasteiger charge is -2.43. The lowest BCUT2D eigenvalue weighted by atomic mass is 9.86. The number of hydrogen-bond donors (Lipinski definition) is 6. The molecule has 1 saturated heterocycles. The van der Waals surface area contributed by atoms with Gasteiger partial charge in [0.15, 0.2) is 5.60 Å². The van der Waals surface area contributed by atoms with Crippen molar-refractivity contribution in [3.05, 3.63) is 0 Å². The summed E-state index contributed by atoms with van der Waals surface area (Å²) in [6, 6.07) is 0. The van der Waals surface area contributed by atoms with Gasteiger partial charge in [0.1, 0.15) is 24.4 Å². The van der Waals surface area contributed by atoms with Gasteiger partial charge in [-0.15, -0.1) is 0 Å². The Kier molecular flexibility index (Phi) is 4.65. The monoisotopic (exact) mass is 266 g/mol. The third-order valence-corrected chi connectivity index (χ3v) is 3.10. The first-order chi connectivity index (χ1) is 8.23. The van der Waals surface area contributed by atoms with Crippen LogP contribution in [0.5, 0.6) is 0 Å². The Morgan fingerprint density at radius 1 is 1.44 bits per heavy atom. The van der Waals surface area contributed by atoms with Crippen LogP contribution in [-0.2, 0) is 9.53 Å². The molecule has 2 unspecified atom stereocenters. The van der Waals surface area contributed by atoms with Crippen LogP contribution in [0, 0.1) is 0 Å². The first-order valence-electron chi connectivity index (χ1n) is 5.47. The smallest absolute Gasteiger partial charge is 0.335 e. The zero-order valence-corrected chi connectivity index (χ0v) is 9.80. The molecule has 0 spiro atoms. The highest BCUT2D eigenvalue weighted by molar-refractivity contribution is 5.77. The molecule has 1 fully saturated rings. The van der Waals surface area contributed by atoms with Crippen LogP contribution in [-0.4, -0.2) is 79.3 Å². The van der Waals surface area contributed by atoms with Crippen molar-refractivity contribution in [2.45, 2.75) is 49.5 Å². The molecule has 1 heterocycles. The van der Waals surface area contributed by atoms with Gasteiger partial charge >= 0.3 is 5.97 Å². The van der Waals surface area contributed by atoms with Crippen LogP contribution in [0.1, 0.15) is 13.3 Å². The van der Waals surface area contributed by atoms with Crippen LogP contribution in [0.2, 0.25) is 0 Å². The van der Waals surface area contributed by atoms with Gasteiger partial charge in [0.25, 0.3) is 0 Å². The van der Waals surface area contributed by atoms with Gasteiger partial charge in [-0.25, -0.2) is 4.79 Å². The highest BCUT2D eigenvalue weighted by Crippen LogP contribution is 2.31. The van der Waals surface area contributed by atoms with Gasteiger partial charge < -0.3 is 35.4 Å². The quantitative estimate of drug-likeness (QED) is 0.316. The highest BCUT2D eigenvalue weighted by atomic mass is 16.6. The molecule has 0 amide bonds. The van der Waals surface area contributed by atoms with Crippen LogP contribution in [0.3, 0.4) is 0 Å². The highest BCUT2D eigenvalue weighted by Gasteiger charge is 2.51. The van der Waals surface area contributed by atoms with Crippen molar-refractivity contribution >= 4 is 5.97 Å². The average Bonchev–Trinajstić information content (AvgIpc) is 2.31. The summed E-state index contributed by atoms with van der Waals surface area (Å²) in [4.78, 5) is 11.0. The number of hydrogen-bond acceptors (Lipinski definition) is 7. The zero-order valence-electron chi connectivity index (χ0n) is 9.80. The van der Waals surface area contributed by atoms with Gasteiger partial charge in [-0.05, 0) is 6.92 Å². The maximum Gasteiger partial charge on any atom is 0.335 e. The second-order valence-electron chi connectivity index (χ2n) is 4.62. The van der Waals surface area contributed by atoms with E-state index in [0.717, 1.165) is 0 Å². The number of rotatable bonds is 4. The van der Waals surface area contributed by atoms with Gasteiger partial charge in [-0.2, -0.15) is 0 Å². The summed E-state index contributed by atoms with van der Waals surface area (Å²) in [6.45, 7) is 0.406. The summed E-state index contributed by atoms with van der Waals surface area (Å²) in [7, 11) is 0. The van der Waals surface area contributed by atoms with E-state index in [1.54, 1.807) is 0 Å². The van der Waals surface area contributed by atoms with Crippen molar-refractivity contribution in [1.82, 2.24) is 0 Å². The fourth-order valence-electron chi connectivity index (χ4n) is 1.89. The van der Waals surface area contributed by atoms with E-state index >= 15 is 0 Å². The molecule has 0 radical (unpaired) electrons. The van der Waals surface area contributed by atoms with Gasteiger partial charge in [0.05, 0.1) is 12.7 Å². The Balaban J connectivity index is 2.92. The lowest BCUT2D eigenvalue weighted by molar-refractivity contribution is -0.249. The van der Waals surface area contributed by atoms with E-state index in [1.807, 2.05) is 0 Å². The summed E-state index contributed by atoms with van der Waals surface area (Å²) in [5.74, 6) is -1.36. The van der Waals surface area contributed by atoms with Gasteiger partial charge in [0, 0.05) is 6.42 Å². The molecule has 106 valence electrons. The van der Waals surface area contributed by atoms with E-state index < -0.39 is 48.7 Å². The predicted molar refractivity (Wildman–Crippen MR) is 56.6 cm³/mol. The first kappa shape index (κ1) is 15.3. The summed E-state index contributed by atoms with van der Waals surface area (Å²) < 4.78 is 5.07. The molecular weight excluding hydrogens is 248 g/mol. The third-order valence-electron chi connectivity index (χ3n) is 3.10. The van der Waals surface area contributed by atoms with E-state index in [4.69, 9.17) is 14.9 Å². The molecule has 0 aromatic rings. The van der Waals surface area contributed by atoms with Crippen LogP contribution < -0.4 is 0 Å². The van der Waals surface area contributed by atoms with E-state index in [0.29, 0.717) is 0 Å². The fourth-order valence-corrected chi connectivity index (χ4v) is 1.89. The number of aliphatic hydroxyl groups is 5. The summed E-state index contributed by atoms with van der Waals surface area (Å²) >= 11 is 0. The molecule has 1 rings (SSSR count).